The van der Waals surface area contributed by atoms with Gasteiger partial charge in [0, 0.05) is 17.6 Å². The molecule has 0 amide bonds. The minimum atomic E-state index is -0.538. The number of nitrogens with zero attached hydrogens (tertiary/aromatic N) is 3. The fourth-order valence-electron chi connectivity index (χ4n) is 3.06. The van der Waals surface area contributed by atoms with Crippen molar-refractivity contribution in [2.24, 2.45) is 0 Å². The first-order chi connectivity index (χ1) is 12.5. The summed E-state index contributed by atoms with van der Waals surface area (Å²) in [7, 11) is 0. The highest BCUT2D eigenvalue weighted by atomic mass is 35.5. The van der Waals surface area contributed by atoms with Gasteiger partial charge in [0.1, 0.15) is 0 Å². The second-order valence-corrected chi connectivity index (χ2v) is 6.78. The lowest BCUT2D eigenvalue weighted by Gasteiger charge is -2.23. The summed E-state index contributed by atoms with van der Waals surface area (Å²) in [6.07, 6.45) is 5.34. The lowest BCUT2D eigenvalue weighted by Crippen LogP contribution is -2.24. The van der Waals surface area contributed by atoms with Crippen LogP contribution in [0.1, 0.15) is 37.7 Å². The highest BCUT2D eigenvalue weighted by Crippen LogP contribution is 2.31. The van der Waals surface area contributed by atoms with Gasteiger partial charge in [0.25, 0.3) is 0 Å². The van der Waals surface area contributed by atoms with Gasteiger partial charge in [-0.25, -0.2) is 0 Å². The quantitative estimate of drug-likeness (QED) is 0.515. The molecule has 0 bridgehead atoms. The predicted molar refractivity (Wildman–Crippen MR) is 102 cm³/mol. The normalized spacial score (nSPS) is 14.8. The SMILES string of the molecule is Nc1nc(NCc2ccc(Cl)cc2)nc(NC2CCCCC2)c1[N+](=O)[O-]. The predicted octanol–water partition coefficient (Wildman–Crippen LogP) is 3.98. The summed E-state index contributed by atoms with van der Waals surface area (Å²) in [4.78, 5) is 19.2. The molecule has 0 spiro atoms. The Balaban J connectivity index is 1.79. The smallest absolute Gasteiger partial charge is 0.353 e. The molecule has 0 unspecified atom stereocenters. The fourth-order valence-corrected chi connectivity index (χ4v) is 3.18. The van der Waals surface area contributed by atoms with Gasteiger partial charge in [-0.2, -0.15) is 9.97 Å². The minimum absolute atomic E-state index is 0.151. The summed E-state index contributed by atoms with van der Waals surface area (Å²) < 4.78 is 0. The average molecular weight is 377 g/mol. The second kappa shape index (κ2) is 8.18. The number of nitrogens with two attached hydrogens (primary N) is 1. The zero-order valence-electron chi connectivity index (χ0n) is 14.2. The van der Waals surface area contributed by atoms with Crippen molar-refractivity contribution in [3.8, 4) is 0 Å². The number of benzene rings is 1. The van der Waals surface area contributed by atoms with Crippen molar-refractivity contribution < 1.29 is 4.92 Å². The molecule has 1 aliphatic carbocycles. The number of aromatic nitrogens is 2. The number of nitro groups is 1. The molecule has 1 fully saturated rings. The second-order valence-electron chi connectivity index (χ2n) is 6.35. The van der Waals surface area contributed by atoms with Gasteiger partial charge in [0.2, 0.25) is 17.6 Å². The molecular formula is C17H21ClN6O2. The highest BCUT2D eigenvalue weighted by molar-refractivity contribution is 6.30. The average Bonchev–Trinajstić information content (AvgIpc) is 2.61. The van der Waals surface area contributed by atoms with Crippen LogP contribution >= 0.6 is 11.6 Å². The molecular weight excluding hydrogens is 356 g/mol. The van der Waals surface area contributed by atoms with E-state index in [-0.39, 0.29) is 29.3 Å². The Labute approximate surface area is 156 Å². The molecule has 8 nitrogen and oxygen atoms in total. The number of hydrogen-bond donors (Lipinski definition) is 3. The van der Waals surface area contributed by atoms with E-state index in [2.05, 4.69) is 20.6 Å². The third kappa shape index (κ3) is 4.51. The lowest BCUT2D eigenvalue weighted by molar-refractivity contribution is -0.383. The van der Waals surface area contributed by atoms with Gasteiger partial charge in [0.15, 0.2) is 0 Å². The third-order valence-corrected chi connectivity index (χ3v) is 4.66. The molecule has 9 heteroatoms. The number of nitrogen functional groups attached to an aromatic ring is 1. The molecule has 1 aromatic carbocycles. The Bertz CT molecular complexity index is 778. The molecule has 2 aromatic rings. The maximum Gasteiger partial charge on any atom is 0.353 e. The third-order valence-electron chi connectivity index (χ3n) is 4.40. The van der Waals surface area contributed by atoms with Gasteiger partial charge in [-0.3, -0.25) is 10.1 Å². The van der Waals surface area contributed by atoms with E-state index in [1.54, 1.807) is 12.1 Å². The molecule has 1 aromatic heterocycles. The van der Waals surface area contributed by atoms with Crippen molar-refractivity contribution in [3.63, 3.8) is 0 Å². The fraction of sp³-hybridized carbons (Fsp3) is 0.412. The van der Waals surface area contributed by atoms with Crippen LogP contribution in [0.3, 0.4) is 0 Å². The Hall–Kier alpha value is -2.61. The van der Waals surface area contributed by atoms with Crippen molar-refractivity contribution in [2.45, 2.75) is 44.7 Å². The molecule has 0 atom stereocenters. The zero-order chi connectivity index (χ0) is 18.5. The van der Waals surface area contributed by atoms with Gasteiger partial charge in [-0.1, -0.05) is 43.0 Å². The van der Waals surface area contributed by atoms with Crippen molar-refractivity contribution in [1.82, 2.24) is 9.97 Å². The van der Waals surface area contributed by atoms with E-state index in [1.165, 1.54) is 6.42 Å². The standard InChI is InChI=1S/C17H21ClN6O2/c18-12-8-6-11(7-9-12)10-20-17-22-15(19)14(24(25)26)16(23-17)21-13-4-2-1-3-5-13/h6-9,13H,1-5,10H2,(H4,19,20,21,22,23). The van der Waals surface area contributed by atoms with Gasteiger partial charge < -0.3 is 16.4 Å². The molecule has 138 valence electrons. The largest absolute Gasteiger partial charge is 0.378 e. The molecule has 4 N–H and O–H groups in total. The summed E-state index contributed by atoms with van der Waals surface area (Å²) in [5.41, 5.74) is 6.54. The number of halogens is 1. The van der Waals surface area contributed by atoms with Crippen LogP contribution in [0.2, 0.25) is 5.02 Å². The summed E-state index contributed by atoms with van der Waals surface area (Å²) in [5.74, 6) is 0.274. The Morgan fingerprint density at radius 3 is 2.54 bits per heavy atom. The molecule has 0 aliphatic heterocycles. The van der Waals surface area contributed by atoms with E-state index in [4.69, 9.17) is 17.3 Å². The van der Waals surface area contributed by atoms with E-state index < -0.39 is 4.92 Å². The topological polar surface area (TPSA) is 119 Å². The van der Waals surface area contributed by atoms with Crippen molar-refractivity contribution in [3.05, 3.63) is 45.0 Å². The Morgan fingerprint density at radius 1 is 1.19 bits per heavy atom. The molecule has 3 rings (SSSR count). The van der Waals surface area contributed by atoms with Crippen LogP contribution in [0.15, 0.2) is 24.3 Å². The van der Waals surface area contributed by atoms with Crippen LogP contribution in [-0.4, -0.2) is 20.9 Å². The van der Waals surface area contributed by atoms with Crippen molar-refractivity contribution in [2.75, 3.05) is 16.4 Å². The van der Waals surface area contributed by atoms with Crippen LogP contribution in [0, 0.1) is 10.1 Å². The molecule has 0 radical (unpaired) electrons. The van der Waals surface area contributed by atoms with Crippen LogP contribution in [-0.2, 0) is 6.54 Å². The molecule has 1 aliphatic rings. The number of hydrogen-bond acceptors (Lipinski definition) is 7. The lowest BCUT2D eigenvalue weighted by atomic mass is 9.95. The maximum absolute atomic E-state index is 11.4. The monoisotopic (exact) mass is 376 g/mol. The number of nitrogens with one attached hydrogen (secondary N) is 2. The van der Waals surface area contributed by atoms with Crippen molar-refractivity contribution >= 4 is 34.9 Å². The number of anilines is 3. The van der Waals surface area contributed by atoms with Gasteiger partial charge in [0.05, 0.1) is 4.92 Å². The van der Waals surface area contributed by atoms with Crippen LogP contribution in [0.5, 0.6) is 0 Å². The summed E-state index contributed by atoms with van der Waals surface area (Å²) in [6, 6.07) is 7.51. The van der Waals surface area contributed by atoms with E-state index in [1.807, 2.05) is 12.1 Å². The molecule has 0 saturated heterocycles. The highest BCUT2D eigenvalue weighted by Gasteiger charge is 2.25. The van der Waals surface area contributed by atoms with Gasteiger partial charge in [-0.05, 0) is 30.5 Å². The first-order valence-electron chi connectivity index (χ1n) is 8.59. The minimum Gasteiger partial charge on any atom is -0.378 e. The van der Waals surface area contributed by atoms with Gasteiger partial charge in [-0.15, -0.1) is 0 Å². The molecule has 26 heavy (non-hydrogen) atoms. The molecule has 1 heterocycles. The van der Waals surface area contributed by atoms with E-state index in [0.717, 1.165) is 31.2 Å². The van der Waals surface area contributed by atoms with Crippen LogP contribution in [0.4, 0.5) is 23.3 Å². The summed E-state index contributed by atoms with van der Waals surface area (Å²) in [6.45, 7) is 0.456. The van der Waals surface area contributed by atoms with E-state index in [0.29, 0.717) is 11.6 Å². The zero-order valence-corrected chi connectivity index (χ0v) is 15.0. The van der Waals surface area contributed by atoms with Gasteiger partial charge >= 0.3 is 5.69 Å². The Morgan fingerprint density at radius 2 is 1.88 bits per heavy atom. The summed E-state index contributed by atoms with van der Waals surface area (Å²) in [5, 5.41) is 18.3. The first-order valence-corrected chi connectivity index (χ1v) is 8.97. The van der Waals surface area contributed by atoms with Crippen LogP contribution in [0.25, 0.3) is 0 Å². The summed E-state index contributed by atoms with van der Waals surface area (Å²) >= 11 is 5.88. The number of rotatable bonds is 6. The van der Waals surface area contributed by atoms with E-state index >= 15 is 0 Å². The Kier molecular flexibility index (Phi) is 5.72. The van der Waals surface area contributed by atoms with Crippen molar-refractivity contribution in [1.29, 1.82) is 0 Å². The van der Waals surface area contributed by atoms with Crippen LogP contribution < -0.4 is 16.4 Å². The maximum atomic E-state index is 11.4. The van der Waals surface area contributed by atoms with E-state index in [9.17, 15) is 10.1 Å². The molecule has 1 saturated carbocycles. The first kappa shape index (κ1) is 18.2.